The Kier molecular flexibility index (Phi) is 5.71. The average molecular weight is 382 g/mol. The van der Waals surface area contributed by atoms with E-state index in [0.717, 1.165) is 25.0 Å². The monoisotopic (exact) mass is 381 g/mol. The number of aryl methyl sites for hydroxylation is 1. The maximum absolute atomic E-state index is 13.0. The minimum atomic E-state index is -0.961. The molecule has 0 bridgehead atoms. The van der Waals surface area contributed by atoms with Crippen molar-refractivity contribution in [1.29, 1.82) is 0 Å². The molecule has 3 unspecified atom stereocenters. The molecule has 1 saturated heterocycles. The van der Waals surface area contributed by atoms with Crippen molar-refractivity contribution in [3.8, 4) is 0 Å². The maximum atomic E-state index is 13.0. The lowest BCUT2D eigenvalue weighted by atomic mass is 9.46. The molecule has 1 aliphatic heterocycles. The second-order valence-electron chi connectivity index (χ2n) is 7.80. The number of anilines is 2. The van der Waals surface area contributed by atoms with Gasteiger partial charge in [0.15, 0.2) is 0 Å². The molecule has 2 amide bonds. The van der Waals surface area contributed by atoms with Crippen molar-refractivity contribution in [2.45, 2.75) is 52.2 Å². The van der Waals surface area contributed by atoms with Gasteiger partial charge >= 0.3 is 0 Å². The molecule has 0 aromatic heterocycles. The number of carbonyl (C=O) groups excluding carboxylic acids is 2. The van der Waals surface area contributed by atoms with E-state index in [1.807, 2.05) is 32.9 Å². The Balaban J connectivity index is 0.00000243. The molecule has 2 fully saturated rings. The zero-order chi connectivity index (χ0) is 18.4. The first kappa shape index (κ1) is 20.7. The summed E-state index contributed by atoms with van der Waals surface area (Å²) in [5, 5.41) is 5.72. The number of fused-ring (bicyclic) bond motifs is 1. The van der Waals surface area contributed by atoms with Crippen LogP contribution in [-0.2, 0) is 14.3 Å². The van der Waals surface area contributed by atoms with Crippen LogP contribution in [0.25, 0.3) is 0 Å². The summed E-state index contributed by atoms with van der Waals surface area (Å²) in [6, 6.07) is 5.45. The summed E-state index contributed by atoms with van der Waals surface area (Å²) in [7, 11) is 0. The van der Waals surface area contributed by atoms with Crippen molar-refractivity contribution in [3.05, 3.63) is 23.8 Å². The highest BCUT2D eigenvalue weighted by molar-refractivity contribution is 6.01. The third kappa shape index (κ3) is 3.10. The van der Waals surface area contributed by atoms with E-state index in [9.17, 15) is 9.59 Å². The molecule has 1 aliphatic carbocycles. The average Bonchev–Trinajstić information content (AvgIpc) is 2.56. The summed E-state index contributed by atoms with van der Waals surface area (Å²) in [5.41, 5.74) is 7.47. The first-order valence-corrected chi connectivity index (χ1v) is 8.78. The zero-order valence-corrected chi connectivity index (χ0v) is 16.5. The number of amides is 2. The van der Waals surface area contributed by atoms with E-state index in [-0.39, 0.29) is 36.2 Å². The Morgan fingerprint density at radius 2 is 1.96 bits per heavy atom. The predicted octanol–water partition coefficient (Wildman–Crippen LogP) is 2.85. The Morgan fingerprint density at radius 3 is 2.62 bits per heavy atom. The van der Waals surface area contributed by atoms with Crippen molar-refractivity contribution in [3.63, 3.8) is 0 Å². The molecule has 0 spiro atoms. The van der Waals surface area contributed by atoms with Gasteiger partial charge < -0.3 is 21.1 Å². The molecule has 6 nitrogen and oxygen atoms in total. The van der Waals surface area contributed by atoms with Gasteiger partial charge in [0.05, 0.1) is 6.10 Å². The van der Waals surface area contributed by atoms with Gasteiger partial charge in [-0.25, -0.2) is 0 Å². The van der Waals surface area contributed by atoms with Crippen LogP contribution in [0.5, 0.6) is 0 Å². The minimum Gasteiger partial charge on any atom is -0.377 e. The number of benzene rings is 1. The Morgan fingerprint density at radius 1 is 1.27 bits per heavy atom. The molecule has 7 heteroatoms. The molecule has 0 radical (unpaired) electrons. The summed E-state index contributed by atoms with van der Waals surface area (Å²) >= 11 is 0. The Labute approximate surface area is 160 Å². The normalized spacial score (nSPS) is 28.8. The van der Waals surface area contributed by atoms with E-state index >= 15 is 0 Å². The molecule has 2 aliphatic rings. The van der Waals surface area contributed by atoms with E-state index in [1.165, 1.54) is 6.92 Å². The van der Waals surface area contributed by atoms with E-state index in [2.05, 4.69) is 10.6 Å². The number of hydrogen-bond donors (Lipinski definition) is 3. The van der Waals surface area contributed by atoms with Crippen molar-refractivity contribution >= 4 is 35.6 Å². The summed E-state index contributed by atoms with van der Waals surface area (Å²) in [6.07, 6.45) is 1.87. The van der Waals surface area contributed by atoms with Gasteiger partial charge in [0, 0.05) is 36.2 Å². The highest BCUT2D eigenvalue weighted by Crippen LogP contribution is 2.57. The van der Waals surface area contributed by atoms with Crippen LogP contribution < -0.4 is 16.4 Å². The highest BCUT2D eigenvalue weighted by Gasteiger charge is 2.70. The van der Waals surface area contributed by atoms with Crippen molar-refractivity contribution in [2.24, 2.45) is 17.1 Å². The van der Waals surface area contributed by atoms with Crippen LogP contribution >= 0.6 is 12.4 Å². The summed E-state index contributed by atoms with van der Waals surface area (Å²) in [5.74, 6) is -0.303. The topological polar surface area (TPSA) is 93.5 Å². The standard InChI is InChI=1S/C19H27N3O3.ClH/c1-11-7-8-13(10-15(11)21-12(2)23)22-17(24)19(20)14-6-5-9-25-16(14)18(19,3)4;/h7-8,10,14,16H,5-6,9,20H2,1-4H3,(H,21,23)(H,22,24);1H. The molecule has 1 saturated carbocycles. The summed E-state index contributed by atoms with van der Waals surface area (Å²) in [4.78, 5) is 24.4. The van der Waals surface area contributed by atoms with Crippen LogP contribution in [0.2, 0.25) is 0 Å². The van der Waals surface area contributed by atoms with Crippen LogP contribution in [0.4, 0.5) is 11.4 Å². The number of nitrogens with two attached hydrogens (primary N) is 1. The minimum absolute atomic E-state index is 0. The largest absolute Gasteiger partial charge is 0.377 e. The Hall–Kier alpha value is -1.63. The molecule has 144 valence electrons. The molecular weight excluding hydrogens is 354 g/mol. The van der Waals surface area contributed by atoms with Gasteiger partial charge in [-0.05, 0) is 37.5 Å². The second kappa shape index (κ2) is 7.18. The zero-order valence-electron chi connectivity index (χ0n) is 15.7. The van der Waals surface area contributed by atoms with Crippen molar-refractivity contribution in [1.82, 2.24) is 0 Å². The number of hydrogen-bond acceptors (Lipinski definition) is 4. The van der Waals surface area contributed by atoms with Crippen LogP contribution in [0, 0.1) is 18.3 Å². The van der Waals surface area contributed by atoms with E-state index in [0.29, 0.717) is 11.4 Å². The molecule has 3 rings (SSSR count). The first-order chi connectivity index (χ1) is 11.7. The fourth-order valence-corrected chi connectivity index (χ4v) is 4.30. The number of carbonyl (C=O) groups is 2. The SMILES string of the molecule is CC(=O)Nc1cc(NC(=O)C2(N)C3CCCOC3C2(C)C)ccc1C.Cl. The highest BCUT2D eigenvalue weighted by atomic mass is 35.5. The molecule has 1 aromatic carbocycles. The quantitative estimate of drug-likeness (QED) is 0.750. The first-order valence-electron chi connectivity index (χ1n) is 8.78. The van der Waals surface area contributed by atoms with Gasteiger partial charge in [0.25, 0.3) is 0 Å². The Bertz CT molecular complexity index is 722. The molecular formula is C19H28ClN3O3. The van der Waals surface area contributed by atoms with E-state index in [1.54, 1.807) is 6.07 Å². The molecule has 26 heavy (non-hydrogen) atoms. The van der Waals surface area contributed by atoms with E-state index < -0.39 is 11.0 Å². The number of halogens is 1. The number of ether oxygens (including phenoxy) is 1. The smallest absolute Gasteiger partial charge is 0.245 e. The van der Waals surface area contributed by atoms with Crippen LogP contribution in [0.15, 0.2) is 18.2 Å². The number of nitrogens with one attached hydrogen (secondary N) is 2. The predicted molar refractivity (Wildman–Crippen MR) is 105 cm³/mol. The van der Waals surface area contributed by atoms with Crippen molar-refractivity contribution < 1.29 is 14.3 Å². The fourth-order valence-electron chi connectivity index (χ4n) is 4.30. The van der Waals surface area contributed by atoms with Crippen LogP contribution in [-0.4, -0.2) is 30.1 Å². The van der Waals surface area contributed by atoms with Gasteiger partial charge in [-0.3, -0.25) is 9.59 Å². The lowest BCUT2D eigenvalue weighted by molar-refractivity contribution is -0.222. The van der Waals surface area contributed by atoms with Crippen LogP contribution in [0.1, 0.15) is 39.2 Å². The van der Waals surface area contributed by atoms with Gasteiger partial charge in [-0.1, -0.05) is 19.9 Å². The maximum Gasteiger partial charge on any atom is 0.245 e. The fraction of sp³-hybridized carbons (Fsp3) is 0.579. The molecule has 3 atom stereocenters. The third-order valence-electron chi connectivity index (χ3n) is 5.87. The molecule has 1 heterocycles. The second-order valence-corrected chi connectivity index (χ2v) is 7.80. The van der Waals surface area contributed by atoms with Gasteiger partial charge in [0.1, 0.15) is 5.54 Å². The van der Waals surface area contributed by atoms with Crippen molar-refractivity contribution in [2.75, 3.05) is 17.2 Å². The van der Waals surface area contributed by atoms with Gasteiger partial charge in [0.2, 0.25) is 11.8 Å². The number of rotatable bonds is 3. The lowest BCUT2D eigenvalue weighted by Gasteiger charge is -2.65. The van der Waals surface area contributed by atoms with E-state index in [4.69, 9.17) is 10.5 Å². The lowest BCUT2D eigenvalue weighted by Crippen LogP contribution is -2.81. The molecule has 4 N–H and O–H groups in total. The molecule has 1 aromatic rings. The summed E-state index contributed by atoms with van der Waals surface area (Å²) < 4.78 is 5.86. The van der Waals surface area contributed by atoms with Gasteiger partial charge in [-0.15, -0.1) is 12.4 Å². The third-order valence-corrected chi connectivity index (χ3v) is 5.87. The summed E-state index contributed by atoms with van der Waals surface area (Å²) in [6.45, 7) is 8.09. The van der Waals surface area contributed by atoms with Crippen LogP contribution in [0.3, 0.4) is 0 Å². The van der Waals surface area contributed by atoms with Gasteiger partial charge in [-0.2, -0.15) is 0 Å².